The van der Waals surface area contributed by atoms with E-state index in [0.29, 0.717) is 18.8 Å². The summed E-state index contributed by atoms with van der Waals surface area (Å²) in [5, 5.41) is 0. The van der Waals surface area contributed by atoms with E-state index in [4.69, 9.17) is 0 Å². The molecule has 0 fully saturated rings. The molecule has 0 aromatic heterocycles. The van der Waals surface area contributed by atoms with Gasteiger partial charge >= 0.3 is 11.9 Å². The Balaban J connectivity index is 0. The quantitative estimate of drug-likeness (QED) is 0.0263. The second kappa shape index (κ2) is 36.7. The highest BCUT2D eigenvalue weighted by atomic mass is 17.2. The molecule has 0 aromatic carbocycles. The van der Waals surface area contributed by atoms with E-state index in [-0.39, 0.29) is 17.4 Å². The number of esters is 1. The van der Waals surface area contributed by atoms with Crippen molar-refractivity contribution < 1.29 is 24.1 Å². The van der Waals surface area contributed by atoms with Gasteiger partial charge in [0, 0.05) is 12.8 Å². The number of hydrogen-bond acceptors (Lipinski definition) is 5. The molecule has 0 spiro atoms. The van der Waals surface area contributed by atoms with Crippen LogP contribution in [0, 0.1) is 11.3 Å². The summed E-state index contributed by atoms with van der Waals surface area (Å²) in [6.07, 6.45) is 44.8. The minimum atomic E-state index is -0.272. The Bertz CT molecular complexity index is 802. The molecule has 5 nitrogen and oxygen atoms in total. The van der Waals surface area contributed by atoms with Crippen LogP contribution in [-0.2, 0) is 24.1 Å². The van der Waals surface area contributed by atoms with Crippen LogP contribution in [0.2, 0.25) is 0 Å². The van der Waals surface area contributed by atoms with Crippen LogP contribution in [0.4, 0.5) is 0 Å². The fraction of sp³-hybridized carbons (Fsp3) is 0.762. The Morgan fingerprint density at radius 3 is 1.36 bits per heavy atom. The number of ether oxygens (including phenoxy) is 1. The van der Waals surface area contributed by atoms with Crippen LogP contribution in [0.5, 0.6) is 0 Å². The van der Waals surface area contributed by atoms with Gasteiger partial charge in [0.25, 0.3) is 0 Å². The summed E-state index contributed by atoms with van der Waals surface area (Å²) >= 11 is 0. The summed E-state index contributed by atoms with van der Waals surface area (Å²) in [4.78, 5) is 30.8. The van der Waals surface area contributed by atoms with Gasteiger partial charge in [0.1, 0.15) is 0 Å². The van der Waals surface area contributed by atoms with Gasteiger partial charge in [-0.3, -0.25) is 9.68 Å². The third-order valence-corrected chi connectivity index (χ3v) is 8.15. The zero-order valence-electron chi connectivity index (χ0n) is 32.0. The molecule has 0 amide bonds. The van der Waals surface area contributed by atoms with Gasteiger partial charge in [-0.2, -0.15) is 4.89 Å². The van der Waals surface area contributed by atoms with Crippen LogP contribution in [0.25, 0.3) is 0 Å². The normalized spacial score (nSPS) is 12.7. The molecule has 274 valence electrons. The molecule has 0 aliphatic heterocycles. The number of carbonyl (C=O) groups is 2. The molecule has 0 aliphatic carbocycles. The second-order valence-electron chi connectivity index (χ2n) is 13.7. The summed E-state index contributed by atoms with van der Waals surface area (Å²) < 4.78 is 4.62. The second-order valence-corrected chi connectivity index (χ2v) is 13.7. The first kappa shape index (κ1) is 47.0. The molecular formula is C42H76O5. The number of unbranched alkanes of at least 4 members (excludes halogenated alkanes) is 16. The van der Waals surface area contributed by atoms with Crippen molar-refractivity contribution >= 4 is 11.9 Å². The maximum atomic E-state index is 11.1. The van der Waals surface area contributed by atoms with Gasteiger partial charge in [-0.1, -0.05) is 147 Å². The Morgan fingerprint density at radius 2 is 0.936 bits per heavy atom. The van der Waals surface area contributed by atoms with E-state index in [0.717, 1.165) is 38.5 Å². The molecule has 47 heavy (non-hydrogen) atoms. The van der Waals surface area contributed by atoms with Crippen molar-refractivity contribution in [2.24, 2.45) is 11.3 Å². The average molecular weight is 661 g/mol. The Kier molecular flexibility index (Phi) is 36.7. The van der Waals surface area contributed by atoms with E-state index in [9.17, 15) is 9.59 Å². The molecular weight excluding hydrogens is 584 g/mol. The van der Waals surface area contributed by atoms with Crippen LogP contribution in [0.3, 0.4) is 0 Å². The molecule has 0 bridgehead atoms. The molecule has 0 radical (unpaired) electrons. The summed E-state index contributed by atoms with van der Waals surface area (Å²) in [5.74, 6) is 0.156. The lowest BCUT2D eigenvalue weighted by Gasteiger charge is -2.25. The number of methoxy groups -OCH3 is 1. The predicted molar refractivity (Wildman–Crippen MR) is 202 cm³/mol. The number of hydrogen-bond donors (Lipinski definition) is 0. The molecule has 1 atom stereocenters. The number of rotatable bonds is 29. The highest BCUT2D eigenvalue weighted by Crippen LogP contribution is 2.29. The SMILES string of the molecule is CCCCC/C=C\C(/C=C\CCCCCCCC(=O)OOC)C(C)(C)C.CCCCC/C=C\C/C=C\CCCCCCCC(=O)OC. The predicted octanol–water partition coefficient (Wildman–Crippen LogP) is 13.1. The lowest BCUT2D eigenvalue weighted by atomic mass is 9.80. The first-order valence-corrected chi connectivity index (χ1v) is 19.2. The summed E-state index contributed by atoms with van der Waals surface area (Å²) in [5.41, 5.74) is 0.272. The largest absolute Gasteiger partial charge is 0.469 e. The number of carbonyl (C=O) groups excluding carboxylic acids is 2. The first-order valence-electron chi connectivity index (χ1n) is 19.2. The standard InChI is InChI=1S/C23H42O3.C19H34O2/c1-6-7-8-12-15-18-21(23(2,3)4)19-16-13-10-9-11-14-17-20-22(24)26-25-5;1-3-4-5-6-7-8-9-10-11-12-13-14-15-16-17-18-19(20)21-2/h15-16,18-19,21H,6-14,17,20H2,1-5H3;7-8,10-11H,3-6,9,12-18H2,1-2H3/b18-15-,19-16-;8-7-,11-10-. The van der Waals surface area contributed by atoms with Crippen molar-refractivity contribution in [3.05, 3.63) is 48.6 Å². The van der Waals surface area contributed by atoms with E-state index >= 15 is 0 Å². The Labute approximate surface area is 292 Å². The van der Waals surface area contributed by atoms with E-state index < -0.39 is 0 Å². The third kappa shape index (κ3) is 38.2. The first-order chi connectivity index (χ1) is 22.7. The molecule has 0 aliphatic rings. The van der Waals surface area contributed by atoms with Crippen LogP contribution in [0.1, 0.15) is 182 Å². The van der Waals surface area contributed by atoms with Gasteiger partial charge in [0.15, 0.2) is 0 Å². The zero-order valence-corrected chi connectivity index (χ0v) is 32.0. The maximum absolute atomic E-state index is 11.1. The highest BCUT2D eigenvalue weighted by molar-refractivity contribution is 5.69. The average Bonchev–Trinajstić information content (AvgIpc) is 3.04. The summed E-state index contributed by atoms with van der Waals surface area (Å²) in [6.45, 7) is 11.4. The molecule has 0 heterocycles. The summed E-state index contributed by atoms with van der Waals surface area (Å²) in [7, 11) is 2.81. The van der Waals surface area contributed by atoms with Gasteiger partial charge in [-0.05, 0) is 82.0 Å². The minimum absolute atomic E-state index is 0.0827. The van der Waals surface area contributed by atoms with E-state index in [2.05, 4.69) is 97.7 Å². The highest BCUT2D eigenvalue weighted by Gasteiger charge is 2.19. The van der Waals surface area contributed by atoms with Crippen molar-refractivity contribution in [2.45, 2.75) is 182 Å². The van der Waals surface area contributed by atoms with Crippen molar-refractivity contribution in [1.29, 1.82) is 0 Å². The van der Waals surface area contributed by atoms with Crippen LogP contribution < -0.4 is 0 Å². The van der Waals surface area contributed by atoms with Gasteiger partial charge in [-0.25, -0.2) is 4.79 Å². The van der Waals surface area contributed by atoms with Gasteiger partial charge < -0.3 is 4.74 Å². The van der Waals surface area contributed by atoms with Crippen LogP contribution in [-0.4, -0.2) is 26.2 Å². The van der Waals surface area contributed by atoms with E-state index in [1.165, 1.54) is 111 Å². The van der Waals surface area contributed by atoms with Gasteiger partial charge in [0.05, 0.1) is 14.2 Å². The van der Waals surface area contributed by atoms with Crippen LogP contribution in [0.15, 0.2) is 48.6 Å². The molecule has 0 aromatic rings. The Morgan fingerprint density at radius 1 is 0.532 bits per heavy atom. The topological polar surface area (TPSA) is 61.8 Å². The van der Waals surface area contributed by atoms with Crippen molar-refractivity contribution in [2.75, 3.05) is 14.2 Å². The van der Waals surface area contributed by atoms with Crippen molar-refractivity contribution in [3.63, 3.8) is 0 Å². The molecule has 1 unspecified atom stereocenters. The number of allylic oxidation sites excluding steroid dienone is 8. The smallest absolute Gasteiger partial charge is 0.342 e. The lowest BCUT2D eigenvalue weighted by molar-refractivity contribution is -0.255. The monoisotopic (exact) mass is 661 g/mol. The van der Waals surface area contributed by atoms with E-state index in [1.54, 1.807) is 0 Å². The molecule has 0 rings (SSSR count). The van der Waals surface area contributed by atoms with E-state index in [1.807, 2.05) is 0 Å². The molecule has 5 heteroatoms. The molecule has 0 saturated carbocycles. The van der Waals surface area contributed by atoms with Gasteiger partial charge in [0.2, 0.25) is 0 Å². The zero-order chi connectivity index (χ0) is 35.3. The maximum Gasteiger partial charge on any atom is 0.342 e. The third-order valence-electron chi connectivity index (χ3n) is 8.15. The Hall–Kier alpha value is -2.14. The van der Waals surface area contributed by atoms with Crippen molar-refractivity contribution in [1.82, 2.24) is 0 Å². The van der Waals surface area contributed by atoms with Crippen LogP contribution >= 0.6 is 0 Å². The lowest BCUT2D eigenvalue weighted by Crippen LogP contribution is -2.16. The fourth-order valence-corrected chi connectivity index (χ4v) is 5.02. The molecule has 0 saturated heterocycles. The molecule has 0 N–H and O–H groups in total. The van der Waals surface area contributed by atoms with Gasteiger partial charge in [-0.15, -0.1) is 0 Å². The van der Waals surface area contributed by atoms with Crippen molar-refractivity contribution in [3.8, 4) is 0 Å². The summed E-state index contributed by atoms with van der Waals surface area (Å²) in [6, 6.07) is 0. The minimum Gasteiger partial charge on any atom is -0.469 e. The fourth-order valence-electron chi connectivity index (χ4n) is 5.02.